The van der Waals surface area contributed by atoms with Gasteiger partial charge in [0.15, 0.2) is 17.5 Å². The fourth-order valence-corrected chi connectivity index (χ4v) is 11.4. The van der Waals surface area contributed by atoms with Gasteiger partial charge in [-0.1, -0.05) is 128 Å². The molecule has 11 atom stereocenters. The van der Waals surface area contributed by atoms with Gasteiger partial charge in [0.1, 0.15) is 43.2 Å². The number of fused-ring (bicyclic) bond motifs is 4. The van der Waals surface area contributed by atoms with Crippen molar-refractivity contribution < 1.29 is 76.6 Å². The van der Waals surface area contributed by atoms with Crippen molar-refractivity contribution in [3.8, 4) is 0 Å². The molecular weight excluding hydrogens is 989 g/mol. The molecule has 4 fully saturated rings. The highest BCUT2D eigenvalue weighted by Crippen LogP contribution is 2.74. The van der Waals surface area contributed by atoms with E-state index in [1.165, 1.54) is 38.1 Å². The molecule has 4 aliphatic carbocycles. The van der Waals surface area contributed by atoms with E-state index in [9.17, 15) is 29.1 Å². The Morgan fingerprint density at radius 1 is 0.845 bits per heavy atom. The predicted octanol–water partition coefficient (Wildman–Crippen LogP) is 7.40. The molecule has 71 heavy (non-hydrogen) atoms. The lowest BCUT2D eigenvalue weighted by molar-refractivity contribution is -0.323. The van der Waals surface area contributed by atoms with Crippen LogP contribution in [0, 0.1) is 22.7 Å². The van der Waals surface area contributed by atoms with Crippen LogP contribution in [0.4, 0.5) is 9.59 Å². The van der Waals surface area contributed by atoms with Gasteiger partial charge in [-0.15, -0.1) is 0 Å². The molecular formula is C51H52Cl3NO16. The van der Waals surface area contributed by atoms with Gasteiger partial charge >= 0.3 is 36.1 Å². The Labute approximate surface area is 423 Å². The van der Waals surface area contributed by atoms with Crippen LogP contribution in [0.5, 0.6) is 0 Å². The second-order valence-corrected chi connectivity index (χ2v) is 21.6. The summed E-state index contributed by atoms with van der Waals surface area (Å²) in [5.74, 6) is -6.14. The second-order valence-electron chi connectivity index (χ2n) is 19.1. The summed E-state index contributed by atoms with van der Waals surface area (Å²) >= 11 is 17.6. The number of amides is 1. The van der Waals surface area contributed by atoms with Crippen molar-refractivity contribution in [2.45, 2.75) is 112 Å². The first-order valence-electron chi connectivity index (χ1n) is 22.9. The smallest absolute Gasteiger partial charge is 0.455 e. The number of esters is 4. The minimum atomic E-state index is -2.37. The van der Waals surface area contributed by atoms with Gasteiger partial charge in [-0.2, -0.15) is 0 Å². The number of hydrogen-bond acceptors (Lipinski definition) is 16. The molecule has 2 bridgehead atoms. The lowest BCUT2D eigenvalue weighted by Crippen LogP contribution is -2.78. The summed E-state index contributed by atoms with van der Waals surface area (Å²) < 4.78 is 45.1. The van der Waals surface area contributed by atoms with Crippen LogP contribution in [0.1, 0.15) is 81.4 Å². The van der Waals surface area contributed by atoms with Crippen LogP contribution in [-0.2, 0) is 63.7 Å². The van der Waals surface area contributed by atoms with E-state index in [1.807, 2.05) is 0 Å². The summed E-state index contributed by atoms with van der Waals surface area (Å²) in [7, 11) is 0. The van der Waals surface area contributed by atoms with E-state index in [1.54, 1.807) is 80.6 Å². The standard InChI is InChI=1S/C51H52Cl3NO16/c1-27-34(68-44(60)39(69-46(62)66-26-51(52,53)54)37(31-17-11-7-12-18-31)55-45(61)64-24-30-15-9-6-10-16-30)23-50(63)42(70-43(59)32-19-13-8-14-20-32)40-48(41(58)38(67-28(2)56)36(27)47(50,4)5)22-33(48)21-35-49(40,25-65-35)71-29(3)57/h6-20,33-35,37-40,42,63H,21-26H2,1-5H3,(H,55,61)/t33?,34?,35?,37-,38+,39?,40?,42-,48?,49-,50+/m0/s1. The lowest BCUT2D eigenvalue weighted by Gasteiger charge is -2.64. The first-order valence-corrected chi connectivity index (χ1v) is 24.0. The number of halogens is 3. The Hall–Kier alpha value is -5.72. The molecule has 0 radical (unpaired) electrons. The molecule has 1 heterocycles. The molecule has 20 heteroatoms. The van der Waals surface area contributed by atoms with Crippen molar-refractivity contribution in [2.75, 3.05) is 13.2 Å². The molecule has 3 aromatic rings. The number of hydrogen-bond donors (Lipinski definition) is 2. The highest BCUT2D eigenvalue weighted by Gasteiger charge is 2.84. The summed E-state index contributed by atoms with van der Waals surface area (Å²) in [4.78, 5) is 98.5. The van der Waals surface area contributed by atoms with Crippen molar-refractivity contribution in [3.05, 3.63) is 119 Å². The average molecular weight is 1040 g/mol. The predicted molar refractivity (Wildman–Crippen MR) is 250 cm³/mol. The van der Waals surface area contributed by atoms with Gasteiger partial charge < -0.3 is 48.3 Å². The van der Waals surface area contributed by atoms with E-state index in [0.717, 1.165) is 6.92 Å². The highest BCUT2D eigenvalue weighted by atomic mass is 35.6. The Kier molecular flexibility index (Phi) is 14.3. The summed E-state index contributed by atoms with van der Waals surface area (Å²) in [6, 6.07) is 23.0. The molecule has 1 spiro atoms. The minimum absolute atomic E-state index is 0.0405. The third-order valence-corrected chi connectivity index (χ3v) is 14.9. The van der Waals surface area contributed by atoms with Crippen molar-refractivity contribution in [1.82, 2.24) is 5.32 Å². The summed E-state index contributed by atoms with van der Waals surface area (Å²) in [6.45, 7) is 5.76. The summed E-state index contributed by atoms with van der Waals surface area (Å²) in [6.07, 6.45) is -10.6. The van der Waals surface area contributed by atoms with E-state index in [-0.39, 0.29) is 48.3 Å². The Morgan fingerprint density at radius 3 is 2.07 bits per heavy atom. The molecule has 2 N–H and O–H groups in total. The van der Waals surface area contributed by atoms with Crippen LogP contribution >= 0.6 is 34.8 Å². The normalized spacial score (nSPS) is 29.8. The van der Waals surface area contributed by atoms with E-state index in [2.05, 4.69) is 5.32 Å². The van der Waals surface area contributed by atoms with Crippen LogP contribution in [0.2, 0.25) is 0 Å². The molecule has 3 aromatic carbocycles. The van der Waals surface area contributed by atoms with Crippen LogP contribution in [-0.4, -0.2) is 106 Å². The van der Waals surface area contributed by atoms with Crippen molar-refractivity contribution in [2.24, 2.45) is 22.7 Å². The van der Waals surface area contributed by atoms with Crippen LogP contribution < -0.4 is 5.32 Å². The molecule has 3 saturated carbocycles. The Morgan fingerprint density at radius 2 is 1.48 bits per heavy atom. The van der Waals surface area contributed by atoms with E-state index < -0.39 is 129 Å². The molecule has 6 unspecified atom stereocenters. The number of carbonyl (C=O) groups is 7. The van der Waals surface area contributed by atoms with E-state index in [0.29, 0.717) is 5.56 Å². The van der Waals surface area contributed by atoms with Crippen molar-refractivity contribution in [3.63, 3.8) is 0 Å². The zero-order valence-electron chi connectivity index (χ0n) is 39.2. The van der Waals surface area contributed by atoms with Crippen LogP contribution in [0.3, 0.4) is 0 Å². The number of ketones is 1. The van der Waals surface area contributed by atoms with Gasteiger partial charge in [0.2, 0.25) is 9.90 Å². The third-order valence-electron chi connectivity index (χ3n) is 14.6. The molecule has 5 aliphatic rings. The minimum Gasteiger partial charge on any atom is -0.455 e. The van der Waals surface area contributed by atoms with Gasteiger partial charge in [0, 0.05) is 31.1 Å². The highest BCUT2D eigenvalue weighted by molar-refractivity contribution is 6.67. The van der Waals surface area contributed by atoms with Gasteiger partial charge in [-0.25, -0.2) is 19.2 Å². The molecule has 1 aliphatic heterocycles. The zero-order valence-corrected chi connectivity index (χ0v) is 41.5. The summed E-state index contributed by atoms with van der Waals surface area (Å²) in [5, 5.41) is 16.5. The van der Waals surface area contributed by atoms with Crippen LogP contribution in [0.15, 0.2) is 102 Å². The van der Waals surface area contributed by atoms with E-state index >= 15 is 9.59 Å². The monoisotopic (exact) mass is 1040 g/mol. The van der Waals surface area contributed by atoms with Gasteiger partial charge in [0.25, 0.3) is 0 Å². The largest absolute Gasteiger partial charge is 0.509 e. The Balaban J connectivity index is 1.25. The maximum Gasteiger partial charge on any atom is 0.509 e. The molecule has 378 valence electrons. The van der Waals surface area contributed by atoms with Gasteiger partial charge in [-0.3, -0.25) is 14.4 Å². The van der Waals surface area contributed by atoms with Crippen molar-refractivity contribution in [1.29, 1.82) is 0 Å². The summed E-state index contributed by atoms with van der Waals surface area (Å²) in [5.41, 5.74) is -6.01. The third kappa shape index (κ3) is 9.83. The first kappa shape index (κ1) is 51.6. The number of nitrogens with one attached hydrogen (secondary N) is 1. The maximum atomic E-state index is 15.7. The SMILES string of the molecule is CC(=O)O[C@H]1C(=O)C23CC2CC2OC[C@@]2(OC(C)=O)C3[C@H](OC(=O)c2ccccc2)[C@]2(O)CC(OC(=O)C(OC(=O)OCC(Cl)(Cl)Cl)[C@@H](NC(=O)OCc3ccccc3)c3ccccc3)C(C)=C1C2(C)C. The quantitative estimate of drug-likeness (QED) is 0.0736. The zero-order chi connectivity index (χ0) is 51.3. The number of alkyl carbamates (subject to hydrolysis) is 1. The average Bonchev–Trinajstić information content (AvgIpc) is 4.05. The first-order chi connectivity index (χ1) is 33.5. The fraction of sp³-hybridized carbons (Fsp3) is 0.471. The van der Waals surface area contributed by atoms with Crippen molar-refractivity contribution >= 4 is 76.7 Å². The second kappa shape index (κ2) is 19.7. The maximum absolute atomic E-state index is 15.7. The topological polar surface area (TPSA) is 226 Å². The van der Waals surface area contributed by atoms with Gasteiger partial charge in [-0.05, 0) is 60.1 Å². The number of Topliss-reactive ketones (excluding diaryl/α,β-unsaturated/α-hetero) is 1. The Bertz CT molecular complexity index is 2610. The number of rotatable bonds is 13. The molecule has 8 rings (SSSR count). The fourth-order valence-electron chi connectivity index (χ4n) is 11.3. The number of carbonyl (C=O) groups excluding carboxylic acids is 7. The molecule has 1 saturated heterocycles. The number of alkyl halides is 3. The number of benzene rings is 3. The van der Waals surface area contributed by atoms with E-state index in [4.69, 9.17) is 72.7 Å². The lowest BCUT2D eigenvalue weighted by atomic mass is 9.48. The molecule has 1 amide bonds. The molecule has 0 aromatic heterocycles. The molecule has 17 nitrogen and oxygen atoms in total. The number of ether oxygens (including phenoxy) is 8. The van der Waals surface area contributed by atoms with Crippen LogP contribution in [0.25, 0.3) is 0 Å². The number of aliphatic hydroxyl groups is 1. The van der Waals surface area contributed by atoms with Gasteiger partial charge in [0.05, 0.1) is 18.1 Å².